The van der Waals surface area contributed by atoms with E-state index in [4.69, 9.17) is 4.52 Å². The normalized spacial score (nSPS) is 22.7. The van der Waals surface area contributed by atoms with Crippen LogP contribution in [0.5, 0.6) is 0 Å². The molecule has 0 radical (unpaired) electrons. The summed E-state index contributed by atoms with van der Waals surface area (Å²) < 4.78 is 4.98. The third-order valence-electron chi connectivity index (χ3n) is 4.75. The summed E-state index contributed by atoms with van der Waals surface area (Å²) in [6.07, 6.45) is 0.347. The molecule has 0 saturated carbocycles. The third-order valence-corrected chi connectivity index (χ3v) is 4.75. The lowest BCUT2D eigenvalue weighted by Crippen LogP contribution is -2.50. The minimum Gasteiger partial charge on any atom is -0.340 e. The van der Waals surface area contributed by atoms with Crippen LogP contribution in [0.2, 0.25) is 0 Å². The molecule has 2 saturated heterocycles. The van der Waals surface area contributed by atoms with E-state index >= 15 is 0 Å². The van der Waals surface area contributed by atoms with Gasteiger partial charge in [0.25, 0.3) is 0 Å². The van der Waals surface area contributed by atoms with Crippen molar-refractivity contribution in [3.63, 3.8) is 0 Å². The smallest absolute Gasteiger partial charge is 0.228 e. The molecule has 3 rings (SSSR count). The van der Waals surface area contributed by atoms with E-state index in [1.807, 2.05) is 18.7 Å². The van der Waals surface area contributed by atoms with Crippen LogP contribution in [-0.4, -0.2) is 75.4 Å². The maximum absolute atomic E-state index is 12.7. The van der Waals surface area contributed by atoms with Crippen LogP contribution in [0.4, 0.5) is 0 Å². The van der Waals surface area contributed by atoms with Crippen molar-refractivity contribution in [1.29, 1.82) is 0 Å². The first-order valence-corrected chi connectivity index (χ1v) is 8.54. The van der Waals surface area contributed by atoms with E-state index in [-0.39, 0.29) is 23.8 Å². The summed E-state index contributed by atoms with van der Waals surface area (Å²) in [5, 5.41) is 3.91. The van der Waals surface area contributed by atoms with Gasteiger partial charge < -0.3 is 14.3 Å². The molecule has 132 valence electrons. The fourth-order valence-corrected chi connectivity index (χ4v) is 3.39. The summed E-state index contributed by atoms with van der Waals surface area (Å²) in [5.74, 6) is 1.27. The number of aryl methyl sites for hydroxylation is 1. The molecule has 2 aliphatic heterocycles. The summed E-state index contributed by atoms with van der Waals surface area (Å²) in [6, 6.07) is 0.158. The first kappa shape index (κ1) is 16.9. The van der Waals surface area contributed by atoms with Gasteiger partial charge in [-0.05, 0) is 13.8 Å². The topological polar surface area (TPSA) is 82.8 Å². The van der Waals surface area contributed by atoms with Gasteiger partial charge in [0.2, 0.25) is 17.7 Å². The molecule has 0 aromatic carbocycles. The van der Waals surface area contributed by atoms with E-state index in [0.717, 1.165) is 13.1 Å². The number of carbonyl (C=O) groups excluding carboxylic acids is 2. The van der Waals surface area contributed by atoms with E-state index in [0.29, 0.717) is 44.3 Å². The van der Waals surface area contributed by atoms with Gasteiger partial charge in [0, 0.05) is 52.1 Å². The van der Waals surface area contributed by atoms with Crippen LogP contribution < -0.4 is 0 Å². The number of likely N-dealkylation sites (tertiary alicyclic amines) is 1. The van der Waals surface area contributed by atoms with Crippen LogP contribution in [0, 0.1) is 12.8 Å². The van der Waals surface area contributed by atoms with Gasteiger partial charge in [0.05, 0.1) is 12.5 Å². The zero-order valence-corrected chi connectivity index (χ0v) is 14.6. The van der Waals surface area contributed by atoms with E-state index in [1.54, 1.807) is 11.8 Å². The first-order valence-electron chi connectivity index (χ1n) is 8.54. The molecule has 0 unspecified atom stereocenters. The molecule has 1 aromatic rings. The predicted octanol–water partition coefficient (Wildman–Crippen LogP) is 0.279. The van der Waals surface area contributed by atoms with E-state index in [1.165, 1.54) is 0 Å². The predicted molar refractivity (Wildman–Crippen MR) is 85.8 cm³/mol. The maximum Gasteiger partial charge on any atom is 0.228 e. The van der Waals surface area contributed by atoms with Crippen LogP contribution in [0.25, 0.3) is 0 Å². The number of nitrogens with zero attached hydrogens (tertiary/aromatic N) is 5. The number of rotatable bonds is 4. The average Bonchev–Trinajstić information content (AvgIpc) is 3.13. The number of piperazine rings is 1. The number of amides is 2. The molecule has 1 atom stereocenters. The number of hydrogen-bond donors (Lipinski definition) is 0. The second kappa shape index (κ2) is 6.88. The van der Waals surface area contributed by atoms with Crippen molar-refractivity contribution in [3.05, 3.63) is 11.7 Å². The SMILES string of the molecule is Cc1nc(CN2CCN(C(=O)[C@H]3CC(=O)N(C(C)C)C3)CC2)no1. The Hall–Kier alpha value is -1.96. The number of carbonyl (C=O) groups is 2. The fraction of sp³-hybridized carbons (Fsp3) is 0.750. The summed E-state index contributed by atoms with van der Waals surface area (Å²) in [7, 11) is 0. The highest BCUT2D eigenvalue weighted by Crippen LogP contribution is 2.22. The molecule has 0 bridgehead atoms. The van der Waals surface area contributed by atoms with E-state index < -0.39 is 0 Å². The Labute approximate surface area is 141 Å². The Balaban J connectivity index is 1.49. The monoisotopic (exact) mass is 335 g/mol. The van der Waals surface area contributed by atoms with Gasteiger partial charge in [-0.1, -0.05) is 5.16 Å². The second-order valence-corrected chi connectivity index (χ2v) is 6.87. The highest BCUT2D eigenvalue weighted by molar-refractivity contribution is 5.89. The standard InChI is InChI=1S/C16H25N5O3/c1-11(2)21-9-13(8-15(21)22)16(23)20-6-4-19(5-7-20)10-14-17-12(3)24-18-14/h11,13H,4-10H2,1-3H3/t13-/m0/s1. The first-order chi connectivity index (χ1) is 11.4. The molecule has 8 nitrogen and oxygen atoms in total. The molecular formula is C16H25N5O3. The van der Waals surface area contributed by atoms with Crippen molar-refractivity contribution in [2.45, 2.75) is 39.8 Å². The van der Waals surface area contributed by atoms with Gasteiger partial charge in [-0.15, -0.1) is 0 Å². The Morgan fingerprint density at radius 1 is 1.29 bits per heavy atom. The summed E-state index contributed by atoms with van der Waals surface area (Å²) in [4.78, 5) is 34.8. The minimum absolute atomic E-state index is 0.0921. The Kier molecular flexibility index (Phi) is 4.84. The lowest BCUT2D eigenvalue weighted by Gasteiger charge is -2.35. The molecule has 0 spiro atoms. The van der Waals surface area contributed by atoms with Crippen molar-refractivity contribution in [2.75, 3.05) is 32.7 Å². The summed E-state index contributed by atoms with van der Waals surface area (Å²) in [5.41, 5.74) is 0. The van der Waals surface area contributed by atoms with Crippen LogP contribution >= 0.6 is 0 Å². The quantitative estimate of drug-likeness (QED) is 0.786. The number of hydrogen-bond acceptors (Lipinski definition) is 6. The van der Waals surface area contributed by atoms with Crippen molar-refractivity contribution in [2.24, 2.45) is 5.92 Å². The van der Waals surface area contributed by atoms with Crippen molar-refractivity contribution >= 4 is 11.8 Å². The molecule has 8 heteroatoms. The van der Waals surface area contributed by atoms with E-state index in [9.17, 15) is 9.59 Å². The van der Waals surface area contributed by atoms with Crippen molar-refractivity contribution in [1.82, 2.24) is 24.8 Å². The van der Waals surface area contributed by atoms with Gasteiger partial charge in [-0.2, -0.15) is 4.98 Å². The molecular weight excluding hydrogens is 310 g/mol. The fourth-order valence-electron chi connectivity index (χ4n) is 3.39. The van der Waals surface area contributed by atoms with Gasteiger partial charge in [-0.25, -0.2) is 0 Å². The Bertz CT molecular complexity index is 607. The van der Waals surface area contributed by atoms with Crippen molar-refractivity contribution < 1.29 is 14.1 Å². The van der Waals surface area contributed by atoms with Crippen LogP contribution in [0.1, 0.15) is 32.0 Å². The van der Waals surface area contributed by atoms with E-state index in [2.05, 4.69) is 15.0 Å². The van der Waals surface area contributed by atoms with Gasteiger partial charge >= 0.3 is 0 Å². The lowest BCUT2D eigenvalue weighted by atomic mass is 10.1. The van der Waals surface area contributed by atoms with Gasteiger partial charge in [0.1, 0.15) is 0 Å². The molecule has 2 amide bonds. The third kappa shape index (κ3) is 3.58. The van der Waals surface area contributed by atoms with Gasteiger partial charge in [0.15, 0.2) is 5.82 Å². The average molecular weight is 335 g/mol. The highest BCUT2D eigenvalue weighted by Gasteiger charge is 2.38. The maximum atomic E-state index is 12.7. The van der Waals surface area contributed by atoms with Crippen LogP contribution in [-0.2, 0) is 16.1 Å². The zero-order valence-electron chi connectivity index (χ0n) is 14.6. The summed E-state index contributed by atoms with van der Waals surface area (Å²) >= 11 is 0. The Morgan fingerprint density at radius 2 is 2.00 bits per heavy atom. The van der Waals surface area contributed by atoms with Crippen LogP contribution in [0.15, 0.2) is 4.52 Å². The lowest BCUT2D eigenvalue weighted by molar-refractivity contribution is -0.137. The van der Waals surface area contributed by atoms with Crippen LogP contribution in [0.3, 0.4) is 0 Å². The molecule has 1 aromatic heterocycles. The van der Waals surface area contributed by atoms with Crippen molar-refractivity contribution in [3.8, 4) is 0 Å². The summed E-state index contributed by atoms with van der Waals surface area (Å²) in [6.45, 7) is 9.88. The molecule has 24 heavy (non-hydrogen) atoms. The largest absolute Gasteiger partial charge is 0.340 e. The Morgan fingerprint density at radius 3 is 2.54 bits per heavy atom. The molecule has 2 aliphatic rings. The van der Waals surface area contributed by atoms with Gasteiger partial charge in [-0.3, -0.25) is 14.5 Å². The zero-order chi connectivity index (χ0) is 17.3. The molecule has 0 N–H and O–H groups in total. The number of aromatic nitrogens is 2. The molecule has 3 heterocycles. The second-order valence-electron chi connectivity index (χ2n) is 6.87. The molecule has 0 aliphatic carbocycles. The molecule has 2 fully saturated rings. The minimum atomic E-state index is -0.189. The highest BCUT2D eigenvalue weighted by atomic mass is 16.5.